The number of piperazine rings is 1. The van der Waals surface area contributed by atoms with Gasteiger partial charge in [0.05, 0.1) is 13.2 Å². The van der Waals surface area contributed by atoms with E-state index in [1.807, 2.05) is 6.08 Å². The van der Waals surface area contributed by atoms with E-state index in [1.165, 1.54) is 161 Å². The molecule has 0 radical (unpaired) electrons. The summed E-state index contributed by atoms with van der Waals surface area (Å²) in [6, 6.07) is 0. The molecule has 3 atom stereocenters. The highest BCUT2D eigenvalue weighted by Crippen LogP contribution is 2.23. The monoisotopic (exact) mass is 783 g/mol. The predicted molar refractivity (Wildman–Crippen MR) is 238 cm³/mol. The molecule has 0 bridgehead atoms. The fourth-order valence-electron chi connectivity index (χ4n) is 7.95. The molecule has 0 aliphatic carbocycles. The molecule has 6 heteroatoms. The van der Waals surface area contributed by atoms with Crippen molar-refractivity contribution in [3.8, 4) is 0 Å². The van der Waals surface area contributed by atoms with Gasteiger partial charge in [-0.3, -0.25) is 9.59 Å². The van der Waals surface area contributed by atoms with Crippen LogP contribution >= 0.6 is 0 Å². The van der Waals surface area contributed by atoms with E-state index in [2.05, 4.69) is 61.4 Å². The molecule has 1 heterocycles. The summed E-state index contributed by atoms with van der Waals surface area (Å²) in [4.78, 5) is 29.6. The standard InChI is InChI=1S/C50H90N2O4/c1-6-9-22-29-46(4)37-44-55-49(53)34-27-20-16-12-14-18-25-32-47(36-39-52-42-40-51(5)41-43-52)33-26-19-15-13-17-21-28-35-50(54)56-45-38-48(30-23-10-7-2)31-24-11-8-3/h30,46-48H,2,6,8-9,11-22,24-29,31-45H2,1,3-5H3. The van der Waals surface area contributed by atoms with Crippen molar-refractivity contribution in [2.45, 2.75) is 207 Å². The summed E-state index contributed by atoms with van der Waals surface area (Å²) in [7, 11) is 2.25. The maximum atomic E-state index is 12.3. The SMILES string of the molecule is C=C=C=C=CC(CCCCC)CCOC(=O)CCCCCCCCCC(CCCCCCCCCC(=O)OCCC(C)CCCCC)CCN1CCN(C)CC1. The lowest BCUT2D eigenvalue weighted by Crippen LogP contribution is -2.44. The highest BCUT2D eigenvalue weighted by molar-refractivity contribution is 5.69. The van der Waals surface area contributed by atoms with Gasteiger partial charge in [0.25, 0.3) is 0 Å². The van der Waals surface area contributed by atoms with Crippen LogP contribution in [0.5, 0.6) is 0 Å². The minimum atomic E-state index is -0.0481. The van der Waals surface area contributed by atoms with E-state index in [1.54, 1.807) is 0 Å². The third kappa shape index (κ3) is 33.0. The molecule has 1 aliphatic heterocycles. The molecule has 3 unspecified atom stereocenters. The largest absolute Gasteiger partial charge is 0.466 e. The first kappa shape index (κ1) is 52.0. The van der Waals surface area contributed by atoms with Crippen molar-refractivity contribution in [2.75, 3.05) is 53.0 Å². The van der Waals surface area contributed by atoms with Gasteiger partial charge in [-0.2, -0.15) is 0 Å². The van der Waals surface area contributed by atoms with Gasteiger partial charge >= 0.3 is 11.9 Å². The van der Waals surface area contributed by atoms with Crippen LogP contribution in [0.3, 0.4) is 0 Å². The molecule has 0 aromatic rings. The first-order valence-corrected chi connectivity index (χ1v) is 24.0. The number of rotatable bonds is 38. The molecule has 0 amide bonds. The first-order valence-electron chi connectivity index (χ1n) is 24.0. The Kier molecular flexibility index (Phi) is 35.7. The molecule has 0 N–H and O–H groups in total. The summed E-state index contributed by atoms with van der Waals surface area (Å²) in [5, 5.41) is 0. The number of nitrogens with zero attached hydrogens (tertiary/aromatic N) is 2. The van der Waals surface area contributed by atoms with E-state index < -0.39 is 0 Å². The van der Waals surface area contributed by atoms with Crippen LogP contribution in [0.25, 0.3) is 0 Å². The van der Waals surface area contributed by atoms with Crippen molar-refractivity contribution < 1.29 is 19.1 Å². The number of hydrogen-bond acceptors (Lipinski definition) is 6. The molecule has 1 aliphatic rings. The van der Waals surface area contributed by atoms with Crippen molar-refractivity contribution in [1.82, 2.24) is 9.80 Å². The Morgan fingerprint density at radius 2 is 1.09 bits per heavy atom. The second kappa shape index (κ2) is 38.5. The molecule has 0 aromatic carbocycles. The summed E-state index contributed by atoms with van der Waals surface area (Å²) >= 11 is 0. The lowest BCUT2D eigenvalue weighted by atomic mass is 9.91. The van der Waals surface area contributed by atoms with Gasteiger partial charge in [0, 0.05) is 39.0 Å². The summed E-state index contributed by atoms with van der Waals surface area (Å²) in [5.41, 5.74) is 8.43. The number of ether oxygens (including phenoxy) is 2. The summed E-state index contributed by atoms with van der Waals surface area (Å²) < 4.78 is 11.1. The van der Waals surface area contributed by atoms with Gasteiger partial charge in [-0.1, -0.05) is 167 Å². The average Bonchev–Trinajstić information content (AvgIpc) is 3.19. The zero-order valence-corrected chi connectivity index (χ0v) is 37.5. The lowest BCUT2D eigenvalue weighted by Gasteiger charge is -2.33. The fourth-order valence-corrected chi connectivity index (χ4v) is 7.95. The van der Waals surface area contributed by atoms with Crippen LogP contribution in [0.4, 0.5) is 0 Å². The van der Waals surface area contributed by atoms with Gasteiger partial charge in [-0.05, 0) is 88.3 Å². The quantitative estimate of drug-likeness (QED) is 0.0353. The number of likely N-dealkylation sites (N-methyl/N-ethyl adjacent to an activating group) is 1. The van der Waals surface area contributed by atoms with Gasteiger partial charge in [0.1, 0.15) is 0 Å². The van der Waals surface area contributed by atoms with Crippen molar-refractivity contribution in [3.63, 3.8) is 0 Å². The lowest BCUT2D eigenvalue weighted by molar-refractivity contribution is -0.145. The van der Waals surface area contributed by atoms with E-state index in [4.69, 9.17) is 9.47 Å². The van der Waals surface area contributed by atoms with E-state index in [0.29, 0.717) is 37.9 Å². The Hall–Kier alpha value is -2.06. The second-order valence-electron chi connectivity index (χ2n) is 17.3. The Morgan fingerprint density at radius 1 is 0.607 bits per heavy atom. The third-order valence-corrected chi connectivity index (χ3v) is 12.0. The van der Waals surface area contributed by atoms with Gasteiger partial charge < -0.3 is 19.3 Å². The predicted octanol–water partition coefficient (Wildman–Crippen LogP) is 13.2. The van der Waals surface area contributed by atoms with Crippen LogP contribution in [0.15, 0.2) is 29.8 Å². The average molecular weight is 783 g/mol. The first-order chi connectivity index (χ1) is 27.4. The maximum Gasteiger partial charge on any atom is 0.305 e. The van der Waals surface area contributed by atoms with Crippen LogP contribution < -0.4 is 0 Å². The molecule has 6 nitrogen and oxygen atoms in total. The zero-order valence-electron chi connectivity index (χ0n) is 37.5. The topological polar surface area (TPSA) is 59.1 Å². The number of allylic oxidation sites excluding steroid dienone is 1. The molecule has 324 valence electrons. The van der Waals surface area contributed by atoms with Gasteiger partial charge in [-0.25, -0.2) is 0 Å². The molecule has 0 aromatic heterocycles. The summed E-state index contributed by atoms with van der Waals surface area (Å²) in [5.74, 6) is 1.83. The van der Waals surface area contributed by atoms with Crippen LogP contribution in [0, 0.1) is 17.8 Å². The fraction of sp³-hybridized carbons (Fsp3) is 0.860. The minimum Gasteiger partial charge on any atom is -0.466 e. The smallest absolute Gasteiger partial charge is 0.305 e. The van der Waals surface area contributed by atoms with Crippen molar-refractivity contribution in [1.29, 1.82) is 0 Å². The van der Waals surface area contributed by atoms with Crippen molar-refractivity contribution in [3.05, 3.63) is 29.8 Å². The molecule has 0 spiro atoms. The molecule has 1 saturated heterocycles. The number of esters is 2. The highest BCUT2D eigenvalue weighted by Gasteiger charge is 2.16. The molecule has 1 fully saturated rings. The molecular formula is C50H90N2O4. The van der Waals surface area contributed by atoms with Crippen LogP contribution in [0.1, 0.15) is 207 Å². The second-order valence-corrected chi connectivity index (χ2v) is 17.3. The van der Waals surface area contributed by atoms with Crippen molar-refractivity contribution >= 4 is 11.9 Å². The Balaban J connectivity index is 2.17. The van der Waals surface area contributed by atoms with E-state index in [9.17, 15) is 9.59 Å². The summed E-state index contributed by atoms with van der Waals surface area (Å²) in [6.45, 7) is 17.5. The minimum absolute atomic E-state index is 0.000826. The summed E-state index contributed by atoms with van der Waals surface area (Å²) in [6.07, 6.45) is 36.2. The number of hydrogen-bond donors (Lipinski definition) is 0. The highest BCUT2D eigenvalue weighted by atomic mass is 16.5. The Bertz CT molecular complexity index is 1050. The van der Waals surface area contributed by atoms with E-state index >= 15 is 0 Å². The molecule has 1 rings (SSSR count). The number of carbonyl (C=O) groups excluding carboxylic acids is 2. The molecule has 0 saturated carbocycles. The number of unbranched alkanes of at least 4 members (excludes halogenated alkanes) is 16. The van der Waals surface area contributed by atoms with Crippen LogP contribution in [-0.4, -0.2) is 74.7 Å². The van der Waals surface area contributed by atoms with E-state index in [-0.39, 0.29) is 11.9 Å². The van der Waals surface area contributed by atoms with Crippen molar-refractivity contribution in [2.24, 2.45) is 17.8 Å². The maximum absolute atomic E-state index is 12.3. The van der Waals surface area contributed by atoms with Gasteiger partial charge in [-0.15, -0.1) is 0 Å². The normalized spacial score (nSPS) is 15.0. The Morgan fingerprint density at radius 3 is 1.62 bits per heavy atom. The van der Waals surface area contributed by atoms with Gasteiger partial charge in [0.15, 0.2) is 0 Å². The molecular weight excluding hydrogens is 693 g/mol. The zero-order chi connectivity index (χ0) is 40.7. The third-order valence-electron chi connectivity index (χ3n) is 12.0. The van der Waals surface area contributed by atoms with Crippen LogP contribution in [0.2, 0.25) is 0 Å². The number of carbonyl (C=O) groups is 2. The van der Waals surface area contributed by atoms with Gasteiger partial charge in [0.2, 0.25) is 0 Å². The molecule has 56 heavy (non-hydrogen) atoms. The Labute approximate surface area is 347 Å². The van der Waals surface area contributed by atoms with E-state index in [0.717, 1.165) is 50.9 Å². The van der Waals surface area contributed by atoms with Crippen LogP contribution in [-0.2, 0) is 19.1 Å².